The zero-order valence-electron chi connectivity index (χ0n) is 12.3. The zero-order chi connectivity index (χ0) is 14.5. The van der Waals surface area contributed by atoms with E-state index in [1.54, 1.807) is 25.6 Å². The lowest BCUT2D eigenvalue weighted by Gasteiger charge is -2.08. The van der Waals surface area contributed by atoms with Gasteiger partial charge in [-0.25, -0.2) is 4.98 Å². The molecule has 0 saturated carbocycles. The monoisotopic (exact) mass is 292 g/mol. The lowest BCUT2D eigenvalue weighted by Crippen LogP contribution is -2.10. The van der Waals surface area contributed by atoms with Gasteiger partial charge in [-0.2, -0.15) is 0 Å². The molecule has 1 atom stereocenters. The van der Waals surface area contributed by atoms with Crippen LogP contribution in [0.1, 0.15) is 28.4 Å². The Morgan fingerprint density at radius 1 is 1.25 bits per heavy atom. The normalized spacial score (nSPS) is 12.2. The first-order valence-electron chi connectivity index (χ1n) is 6.50. The fraction of sp³-hybridized carbons (Fsp3) is 0.400. The molecule has 2 rings (SSSR count). The quantitative estimate of drug-likeness (QED) is 0.889. The number of ether oxygens (including phenoxy) is 2. The number of hydrogen-bond donors (Lipinski definition) is 1. The molecule has 0 spiro atoms. The molecule has 0 aliphatic carbocycles. The first-order valence-corrected chi connectivity index (χ1v) is 7.32. The van der Waals surface area contributed by atoms with E-state index in [9.17, 15) is 0 Å². The van der Waals surface area contributed by atoms with E-state index in [-0.39, 0.29) is 0 Å². The predicted octanol–water partition coefficient (Wildman–Crippen LogP) is 3.03. The van der Waals surface area contributed by atoms with Crippen LogP contribution in [-0.2, 0) is 6.42 Å². The minimum absolute atomic E-state index is 0.339. The third kappa shape index (κ3) is 3.29. The van der Waals surface area contributed by atoms with Crippen molar-refractivity contribution < 1.29 is 9.47 Å². The Morgan fingerprint density at radius 3 is 2.65 bits per heavy atom. The molecule has 1 aromatic heterocycles. The minimum Gasteiger partial charge on any atom is -0.493 e. The molecule has 20 heavy (non-hydrogen) atoms. The number of nitrogens with one attached hydrogen (secondary N) is 1. The van der Waals surface area contributed by atoms with Crippen molar-refractivity contribution in [2.24, 2.45) is 0 Å². The molecule has 0 amide bonds. The largest absolute Gasteiger partial charge is 0.493 e. The molecule has 5 heteroatoms. The molecule has 1 N–H and O–H groups in total. The third-order valence-electron chi connectivity index (χ3n) is 3.23. The second-order valence-electron chi connectivity index (χ2n) is 4.53. The van der Waals surface area contributed by atoms with E-state index in [1.807, 2.05) is 31.4 Å². The summed E-state index contributed by atoms with van der Waals surface area (Å²) in [4.78, 5) is 5.74. The highest BCUT2D eigenvalue weighted by Gasteiger charge is 2.10. The maximum atomic E-state index is 5.32. The number of hydrogen-bond acceptors (Lipinski definition) is 5. The Kier molecular flexibility index (Phi) is 4.98. The van der Waals surface area contributed by atoms with Crippen molar-refractivity contribution in [1.29, 1.82) is 0 Å². The van der Waals surface area contributed by atoms with Crippen LogP contribution in [-0.4, -0.2) is 26.3 Å². The van der Waals surface area contributed by atoms with Crippen molar-refractivity contribution in [2.45, 2.75) is 19.4 Å². The topological polar surface area (TPSA) is 43.4 Å². The number of aromatic nitrogens is 1. The van der Waals surface area contributed by atoms with Crippen LogP contribution in [0.3, 0.4) is 0 Å². The summed E-state index contributed by atoms with van der Waals surface area (Å²) in [6.45, 7) is 2.13. The molecule has 108 valence electrons. The van der Waals surface area contributed by atoms with Crippen LogP contribution in [0.2, 0.25) is 0 Å². The molecule has 0 aliphatic heterocycles. The van der Waals surface area contributed by atoms with Crippen LogP contribution in [0, 0.1) is 0 Å². The average molecular weight is 292 g/mol. The van der Waals surface area contributed by atoms with Crippen molar-refractivity contribution >= 4 is 11.3 Å². The van der Waals surface area contributed by atoms with E-state index >= 15 is 0 Å². The minimum atomic E-state index is 0.339. The molecule has 1 unspecified atom stereocenters. The molecule has 1 heterocycles. The van der Waals surface area contributed by atoms with Gasteiger partial charge in [-0.1, -0.05) is 6.07 Å². The van der Waals surface area contributed by atoms with E-state index in [0.717, 1.165) is 22.9 Å². The Hall–Kier alpha value is -1.59. The Morgan fingerprint density at radius 2 is 2.00 bits per heavy atom. The van der Waals surface area contributed by atoms with Gasteiger partial charge in [0.2, 0.25) is 0 Å². The first-order chi connectivity index (χ1) is 9.67. The number of benzene rings is 1. The van der Waals surface area contributed by atoms with Crippen molar-refractivity contribution in [3.63, 3.8) is 0 Å². The average Bonchev–Trinajstić information content (AvgIpc) is 2.94. The molecule has 4 nitrogen and oxygen atoms in total. The smallest absolute Gasteiger partial charge is 0.160 e. The van der Waals surface area contributed by atoms with Gasteiger partial charge in [0.15, 0.2) is 11.5 Å². The molecule has 0 bridgehead atoms. The lowest BCUT2D eigenvalue weighted by atomic mass is 10.1. The standard InChI is InChI=1S/C15H20N2O2S/c1-10(16-2)14-9-17-15(20-14)8-11-5-6-12(18-3)13(7-11)19-4/h5-7,9-10,16H,8H2,1-4H3. The number of rotatable bonds is 6. The summed E-state index contributed by atoms with van der Waals surface area (Å²) in [7, 11) is 5.25. The number of methoxy groups -OCH3 is 2. The summed E-state index contributed by atoms with van der Waals surface area (Å²) < 4.78 is 10.6. The van der Waals surface area contributed by atoms with Gasteiger partial charge >= 0.3 is 0 Å². The van der Waals surface area contributed by atoms with Crippen molar-refractivity contribution in [3.05, 3.63) is 39.8 Å². The first kappa shape index (κ1) is 14.8. The highest BCUT2D eigenvalue weighted by Crippen LogP contribution is 2.29. The van der Waals surface area contributed by atoms with E-state index in [0.29, 0.717) is 6.04 Å². The molecule has 2 aromatic rings. The van der Waals surface area contributed by atoms with Crippen molar-refractivity contribution in [3.8, 4) is 11.5 Å². The second-order valence-corrected chi connectivity index (χ2v) is 5.68. The van der Waals surface area contributed by atoms with Gasteiger partial charge in [-0.15, -0.1) is 11.3 Å². The van der Waals surface area contributed by atoms with Gasteiger partial charge in [0, 0.05) is 23.5 Å². The summed E-state index contributed by atoms with van der Waals surface area (Å²) in [5.41, 5.74) is 1.17. The highest BCUT2D eigenvalue weighted by atomic mass is 32.1. The summed E-state index contributed by atoms with van der Waals surface area (Å²) >= 11 is 1.74. The van der Waals surface area contributed by atoms with Gasteiger partial charge in [-0.3, -0.25) is 0 Å². The van der Waals surface area contributed by atoms with Gasteiger partial charge in [0.25, 0.3) is 0 Å². The summed E-state index contributed by atoms with van der Waals surface area (Å²) in [5, 5.41) is 4.33. The van der Waals surface area contributed by atoms with Crippen LogP contribution < -0.4 is 14.8 Å². The number of thiazole rings is 1. The Balaban J connectivity index is 2.15. The molecule has 0 radical (unpaired) electrons. The summed E-state index contributed by atoms with van der Waals surface area (Å²) in [5.74, 6) is 1.50. The number of nitrogens with zero attached hydrogens (tertiary/aromatic N) is 1. The fourth-order valence-corrected chi connectivity index (χ4v) is 2.93. The van der Waals surface area contributed by atoms with E-state index in [1.165, 1.54) is 10.4 Å². The highest BCUT2D eigenvalue weighted by molar-refractivity contribution is 7.11. The Bertz CT molecular complexity index is 569. The van der Waals surface area contributed by atoms with Gasteiger partial charge in [0.1, 0.15) is 0 Å². The van der Waals surface area contributed by atoms with Gasteiger partial charge in [0.05, 0.1) is 19.2 Å². The summed E-state index contributed by atoms with van der Waals surface area (Å²) in [6, 6.07) is 6.32. The van der Waals surface area contributed by atoms with Crippen molar-refractivity contribution in [1.82, 2.24) is 10.3 Å². The van der Waals surface area contributed by atoms with E-state index < -0.39 is 0 Å². The van der Waals surface area contributed by atoms with Gasteiger partial charge < -0.3 is 14.8 Å². The maximum absolute atomic E-state index is 5.32. The lowest BCUT2D eigenvalue weighted by molar-refractivity contribution is 0.354. The predicted molar refractivity (Wildman–Crippen MR) is 81.9 cm³/mol. The van der Waals surface area contributed by atoms with E-state index in [4.69, 9.17) is 9.47 Å². The van der Waals surface area contributed by atoms with Crippen molar-refractivity contribution in [2.75, 3.05) is 21.3 Å². The van der Waals surface area contributed by atoms with Gasteiger partial charge in [-0.05, 0) is 31.7 Å². The SMILES string of the molecule is CNC(C)c1cnc(Cc2ccc(OC)c(OC)c2)s1. The van der Waals surface area contributed by atoms with Crippen LogP contribution in [0.25, 0.3) is 0 Å². The van der Waals surface area contributed by atoms with E-state index in [2.05, 4.69) is 17.2 Å². The molecular weight excluding hydrogens is 272 g/mol. The molecule has 0 aliphatic rings. The van der Waals surface area contributed by atoms with Crippen LogP contribution in [0.5, 0.6) is 11.5 Å². The third-order valence-corrected chi connectivity index (χ3v) is 4.41. The van der Waals surface area contributed by atoms with Crippen LogP contribution in [0.4, 0.5) is 0 Å². The Labute approximate surface area is 123 Å². The maximum Gasteiger partial charge on any atom is 0.160 e. The molecular formula is C15H20N2O2S. The van der Waals surface area contributed by atoms with Crippen LogP contribution in [0.15, 0.2) is 24.4 Å². The molecule has 0 fully saturated rings. The zero-order valence-corrected chi connectivity index (χ0v) is 13.1. The second kappa shape index (κ2) is 6.72. The molecule has 1 aromatic carbocycles. The summed E-state index contributed by atoms with van der Waals surface area (Å²) in [6.07, 6.45) is 2.75. The fourth-order valence-electron chi connectivity index (χ4n) is 1.91. The molecule has 0 saturated heterocycles. The van der Waals surface area contributed by atoms with Crippen LogP contribution >= 0.6 is 11.3 Å².